The highest BCUT2D eigenvalue weighted by molar-refractivity contribution is 5.96. The van der Waals surface area contributed by atoms with E-state index in [0.717, 1.165) is 25.2 Å². The number of rotatable bonds is 3. The summed E-state index contributed by atoms with van der Waals surface area (Å²) >= 11 is 0. The Bertz CT molecular complexity index is 905. The number of benzene rings is 2. The second kappa shape index (κ2) is 6.36. The third kappa shape index (κ3) is 2.67. The lowest BCUT2D eigenvalue weighted by molar-refractivity contribution is -0.117. The van der Waals surface area contributed by atoms with Crippen LogP contribution in [0.15, 0.2) is 42.5 Å². The Kier molecular flexibility index (Phi) is 4.02. The quantitative estimate of drug-likeness (QED) is 0.792. The first-order chi connectivity index (χ1) is 12.6. The lowest BCUT2D eigenvalue weighted by atomic mass is 9.80. The monoisotopic (exact) mass is 348 g/mol. The lowest BCUT2D eigenvalue weighted by Gasteiger charge is -2.22. The highest BCUT2D eigenvalue weighted by Crippen LogP contribution is 2.42. The summed E-state index contributed by atoms with van der Waals surface area (Å²) in [5, 5.41) is 18.7. The van der Waals surface area contributed by atoms with Crippen molar-refractivity contribution in [2.24, 2.45) is 0 Å². The predicted molar refractivity (Wildman–Crippen MR) is 99.4 cm³/mol. The van der Waals surface area contributed by atoms with Crippen LogP contribution in [0.25, 0.3) is 0 Å². The molecular formula is C20H20N4O2. The molecule has 1 fully saturated rings. The van der Waals surface area contributed by atoms with E-state index in [1.54, 1.807) is 18.2 Å². The maximum Gasteiger partial charge on any atom is 0.241 e. The first kappa shape index (κ1) is 16.4. The molecule has 2 atom stereocenters. The van der Waals surface area contributed by atoms with E-state index in [-0.39, 0.29) is 17.4 Å². The van der Waals surface area contributed by atoms with Gasteiger partial charge in [0.2, 0.25) is 5.91 Å². The van der Waals surface area contributed by atoms with Crippen molar-refractivity contribution in [2.75, 3.05) is 30.8 Å². The molecule has 2 aromatic carbocycles. The van der Waals surface area contributed by atoms with Crippen LogP contribution in [0.2, 0.25) is 0 Å². The molecule has 26 heavy (non-hydrogen) atoms. The molecule has 0 bridgehead atoms. The average Bonchev–Trinajstić information content (AvgIpc) is 3.28. The van der Waals surface area contributed by atoms with Crippen LogP contribution in [0.5, 0.6) is 5.75 Å². The summed E-state index contributed by atoms with van der Waals surface area (Å²) in [5.41, 5.74) is 3.45. The number of hydrogen-bond donors (Lipinski definition) is 3. The van der Waals surface area contributed by atoms with Gasteiger partial charge >= 0.3 is 0 Å². The molecule has 6 nitrogen and oxygen atoms in total. The van der Waals surface area contributed by atoms with Crippen molar-refractivity contribution in [1.29, 1.82) is 5.26 Å². The van der Waals surface area contributed by atoms with Gasteiger partial charge in [-0.1, -0.05) is 18.2 Å². The fraction of sp³-hybridized carbons (Fsp3) is 0.300. The van der Waals surface area contributed by atoms with E-state index in [1.165, 1.54) is 12.7 Å². The van der Waals surface area contributed by atoms with E-state index in [4.69, 9.17) is 10.00 Å². The van der Waals surface area contributed by atoms with Crippen LogP contribution in [-0.2, 0) is 10.2 Å². The number of anilines is 2. The van der Waals surface area contributed by atoms with Crippen LogP contribution < -0.4 is 20.7 Å². The lowest BCUT2D eigenvalue weighted by Crippen LogP contribution is -2.35. The Hall–Kier alpha value is -3.04. The second-order valence-electron chi connectivity index (χ2n) is 6.83. The minimum atomic E-state index is -0.275. The maximum absolute atomic E-state index is 12.8. The van der Waals surface area contributed by atoms with Crippen molar-refractivity contribution in [1.82, 2.24) is 5.32 Å². The third-order valence-corrected chi connectivity index (χ3v) is 5.30. The van der Waals surface area contributed by atoms with Crippen molar-refractivity contribution in [3.63, 3.8) is 0 Å². The number of fused-ring (bicyclic) bond motifs is 2. The Morgan fingerprint density at radius 1 is 1.31 bits per heavy atom. The van der Waals surface area contributed by atoms with Gasteiger partial charge < -0.3 is 20.7 Å². The van der Waals surface area contributed by atoms with Crippen molar-refractivity contribution >= 4 is 17.3 Å². The van der Waals surface area contributed by atoms with E-state index in [2.05, 4.69) is 34.2 Å². The summed E-state index contributed by atoms with van der Waals surface area (Å²) in [6.45, 7) is 1.60. The first-order valence-electron chi connectivity index (χ1n) is 8.61. The van der Waals surface area contributed by atoms with Gasteiger partial charge in [0, 0.05) is 30.3 Å². The fourth-order valence-corrected chi connectivity index (χ4v) is 3.92. The smallest absolute Gasteiger partial charge is 0.241 e. The summed E-state index contributed by atoms with van der Waals surface area (Å²) in [5.74, 6) is 0.396. The third-order valence-electron chi connectivity index (χ3n) is 5.30. The maximum atomic E-state index is 12.8. The molecule has 132 valence electrons. The predicted octanol–water partition coefficient (Wildman–Crippen LogP) is 2.23. The highest BCUT2D eigenvalue weighted by Gasteiger charge is 2.46. The molecule has 2 aliphatic heterocycles. The molecule has 6 heteroatoms. The molecular weight excluding hydrogens is 328 g/mol. The van der Waals surface area contributed by atoms with E-state index in [1.807, 2.05) is 12.1 Å². The van der Waals surface area contributed by atoms with Crippen molar-refractivity contribution in [2.45, 2.75) is 17.9 Å². The highest BCUT2D eigenvalue weighted by atomic mass is 16.5. The number of nitriles is 1. The number of ether oxygens (including phenoxy) is 1. The Morgan fingerprint density at radius 3 is 2.96 bits per heavy atom. The van der Waals surface area contributed by atoms with E-state index >= 15 is 0 Å². The van der Waals surface area contributed by atoms with Crippen molar-refractivity contribution in [3.8, 4) is 11.8 Å². The summed E-state index contributed by atoms with van der Waals surface area (Å²) in [6.07, 6.45) is 0.738. The minimum absolute atomic E-state index is 0.0483. The van der Waals surface area contributed by atoms with Gasteiger partial charge in [-0.2, -0.15) is 5.26 Å². The average molecular weight is 348 g/mol. The summed E-state index contributed by atoms with van der Waals surface area (Å²) in [7, 11) is 1.52. The van der Waals surface area contributed by atoms with Crippen molar-refractivity contribution in [3.05, 3.63) is 53.6 Å². The first-order valence-corrected chi connectivity index (χ1v) is 8.61. The van der Waals surface area contributed by atoms with Gasteiger partial charge in [-0.3, -0.25) is 4.79 Å². The van der Waals surface area contributed by atoms with Crippen LogP contribution in [0, 0.1) is 11.3 Å². The largest absolute Gasteiger partial charge is 0.495 e. The summed E-state index contributed by atoms with van der Waals surface area (Å²) in [6, 6.07) is 15.1. The number of hydrogen-bond acceptors (Lipinski definition) is 5. The molecule has 4 rings (SSSR count). The number of amides is 1. The topological polar surface area (TPSA) is 86.2 Å². The van der Waals surface area contributed by atoms with Crippen molar-refractivity contribution < 1.29 is 9.53 Å². The number of nitrogens with one attached hydrogen (secondary N) is 3. The Balaban J connectivity index is 1.50. The number of methoxy groups -OCH3 is 1. The zero-order valence-corrected chi connectivity index (χ0v) is 14.5. The molecule has 2 aromatic rings. The van der Waals surface area contributed by atoms with E-state index < -0.39 is 0 Å². The standard InChI is InChI=1S/C20H20N4O2/c1-26-18-8-13(10-21)6-7-16(18)24-19(25)17-9-20(12-23-17)11-22-15-5-3-2-4-14(15)20/h2-8,17,22-23H,9,11-12H2,1H3,(H,24,25). The fourth-order valence-electron chi connectivity index (χ4n) is 3.92. The normalized spacial score (nSPS) is 23.2. The van der Waals surface area contributed by atoms with Crippen LogP contribution in [0.1, 0.15) is 17.5 Å². The summed E-state index contributed by atoms with van der Waals surface area (Å²) < 4.78 is 5.29. The molecule has 0 saturated carbocycles. The molecule has 1 saturated heterocycles. The zero-order valence-electron chi connectivity index (χ0n) is 14.5. The van der Waals surface area contributed by atoms with Crippen LogP contribution in [-0.4, -0.2) is 32.1 Å². The second-order valence-corrected chi connectivity index (χ2v) is 6.83. The Labute approximate surface area is 152 Å². The molecule has 2 aliphatic rings. The van der Waals surface area contributed by atoms with Gasteiger partial charge in [-0.15, -0.1) is 0 Å². The molecule has 1 amide bonds. The minimum Gasteiger partial charge on any atom is -0.495 e. The van der Waals surface area contributed by atoms with Crippen LogP contribution in [0.4, 0.5) is 11.4 Å². The van der Waals surface area contributed by atoms with Gasteiger partial charge in [-0.05, 0) is 30.2 Å². The zero-order chi connectivity index (χ0) is 18.1. The molecule has 3 N–H and O–H groups in total. The van der Waals surface area contributed by atoms with Crippen LogP contribution in [0.3, 0.4) is 0 Å². The molecule has 2 unspecified atom stereocenters. The number of carbonyl (C=O) groups is 1. The number of nitrogens with zero attached hydrogens (tertiary/aromatic N) is 1. The van der Waals surface area contributed by atoms with E-state index in [9.17, 15) is 4.79 Å². The van der Waals surface area contributed by atoms with Gasteiger partial charge in [-0.25, -0.2) is 0 Å². The SMILES string of the molecule is COc1cc(C#N)ccc1NC(=O)C1CC2(CNc3ccccc32)CN1. The van der Waals surface area contributed by atoms with Gasteiger partial charge in [0.15, 0.2) is 0 Å². The van der Waals surface area contributed by atoms with Gasteiger partial charge in [0.05, 0.1) is 30.5 Å². The molecule has 0 aromatic heterocycles. The molecule has 0 radical (unpaired) electrons. The number of carbonyl (C=O) groups excluding carboxylic acids is 1. The van der Waals surface area contributed by atoms with Gasteiger partial charge in [0.25, 0.3) is 0 Å². The summed E-state index contributed by atoms with van der Waals surface area (Å²) in [4.78, 5) is 12.8. The molecule has 2 heterocycles. The van der Waals surface area contributed by atoms with Gasteiger partial charge in [0.1, 0.15) is 5.75 Å². The molecule has 0 aliphatic carbocycles. The van der Waals surface area contributed by atoms with Crippen LogP contribution >= 0.6 is 0 Å². The number of para-hydroxylation sites is 1. The van der Waals surface area contributed by atoms with E-state index in [0.29, 0.717) is 17.0 Å². The Morgan fingerprint density at radius 2 is 2.15 bits per heavy atom. The molecule has 1 spiro atoms.